The van der Waals surface area contributed by atoms with Gasteiger partial charge in [-0.15, -0.1) is 13.2 Å². The predicted octanol–water partition coefficient (Wildman–Crippen LogP) is 8.24. The molecule has 2 aliphatic carbocycles. The molecule has 6 rings (SSSR count). The Morgan fingerprint density at radius 1 is 0.860 bits per heavy atom. The molecule has 2 atom stereocenters. The number of alkyl halides is 3. The van der Waals surface area contributed by atoms with Crippen molar-refractivity contribution in [1.29, 1.82) is 0 Å². The molecule has 0 heterocycles. The van der Waals surface area contributed by atoms with Crippen LogP contribution in [0.25, 0.3) is 11.1 Å². The number of amides is 2. The van der Waals surface area contributed by atoms with E-state index < -0.39 is 24.3 Å². The Bertz CT molecular complexity index is 1830. The number of hydrogen-bond donors (Lipinski definition) is 3. The third kappa shape index (κ3) is 8.35. The van der Waals surface area contributed by atoms with Crippen molar-refractivity contribution in [3.63, 3.8) is 0 Å². The summed E-state index contributed by atoms with van der Waals surface area (Å²) in [4.78, 5) is 37.7. The van der Waals surface area contributed by atoms with Crippen LogP contribution in [-0.4, -0.2) is 35.8 Å². The lowest BCUT2D eigenvalue weighted by molar-refractivity contribution is -0.274. The van der Waals surface area contributed by atoms with Gasteiger partial charge in [-0.05, 0) is 83.2 Å². The predicted molar refractivity (Wildman–Crippen MR) is 183 cm³/mol. The van der Waals surface area contributed by atoms with E-state index in [-0.39, 0.29) is 37.0 Å². The molecule has 0 spiro atoms. The van der Waals surface area contributed by atoms with E-state index in [9.17, 15) is 27.6 Å². The first-order chi connectivity index (χ1) is 24.1. The van der Waals surface area contributed by atoms with Gasteiger partial charge in [-0.25, -0.2) is 0 Å². The lowest BCUT2D eigenvalue weighted by atomic mass is 9.81. The van der Waals surface area contributed by atoms with Crippen molar-refractivity contribution >= 4 is 17.8 Å². The molecule has 2 aliphatic rings. The number of carboxylic acid groups (broad SMARTS) is 1. The first-order valence-electron chi connectivity index (χ1n) is 17.0. The van der Waals surface area contributed by atoms with Crippen molar-refractivity contribution < 1.29 is 37.4 Å². The van der Waals surface area contributed by atoms with Crippen LogP contribution < -0.4 is 15.4 Å². The van der Waals surface area contributed by atoms with E-state index in [1.165, 1.54) is 37.0 Å². The van der Waals surface area contributed by atoms with Gasteiger partial charge in [-0.2, -0.15) is 0 Å². The molecule has 50 heavy (non-hydrogen) atoms. The zero-order chi connectivity index (χ0) is 35.3. The quantitative estimate of drug-likeness (QED) is 0.148. The van der Waals surface area contributed by atoms with Crippen LogP contribution in [-0.2, 0) is 22.4 Å². The number of carbonyl (C=O) groups excluding carboxylic acids is 2. The molecule has 7 nitrogen and oxygen atoms in total. The minimum atomic E-state index is -4.85. The van der Waals surface area contributed by atoms with Crippen LogP contribution in [0.4, 0.5) is 13.2 Å². The van der Waals surface area contributed by atoms with Gasteiger partial charge in [0, 0.05) is 17.7 Å². The van der Waals surface area contributed by atoms with E-state index in [4.69, 9.17) is 5.11 Å². The summed E-state index contributed by atoms with van der Waals surface area (Å²) in [6.45, 7) is 0.0143. The number of rotatable bonds is 11. The molecule has 10 heteroatoms. The third-order valence-electron chi connectivity index (χ3n) is 9.70. The molecule has 0 radical (unpaired) electrons. The third-order valence-corrected chi connectivity index (χ3v) is 9.70. The highest BCUT2D eigenvalue weighted by molar-refractivity contribution is 5.94. The summed E-state index contributed by atoms with van der Waals surface area (Å²) < 4.78 is 44.3. The largest absolute Gasteiger partial charge is 0.573 e. The molecule has 4 aromatic rings. The number of hydrogen-bond acceptors (Lipinski definition) is 4. The number of halogens is 3. The molecule has 2 unspecified atom stereocenters. The molecule has 260 valence electrons. The maximum absolute atomic E-state index is 14.3. The normalized spacial score (nSPS) is 16.4. The zero-order valence-electron chi connectivity index (χ0n) is 27.5. The van der Waals surface area contributed by atoms with E-state index in [2.05, 4.69) is 27.5 Å². The molecule has 1 fully saturated rings. The van der Waals surface area contributed by atoms with Crippen LogP contribution in [0, 0.1) is 0 Å². The van der Waals surface area contributed by atoms with Gasteiger partial charge in [0.15, 0.2) is 0 Å². The molecule has 4 aromatic carbocycles. The molecule has 2 amide bonds. The Morgan fingerprint density at radius 3 is 2.28 bits per heavy atom. The second-order valence-corrected chi connectivity index (χ2v) is 13.0. The second kappa shape index (κ2) is 15.2. The Balaban J connectivity index is 1.26. The first kappa shape index (κ1) is 34.7. The summed E-state index contributed by atoms with van der Waals surface area (Å²) in [6, 6.07) is 26.4. The van der Waals surface area contributed by atoms with Crippen LogP contribution in [0.5, 0.6) is 5.75 Å². The molecule has 0 aromatic heterocycles. The number of ether oxygens (including phenoxy) is 1. The molecule has 1 saturated carbocycles. The summed E-state index contributed by atoms with van der Waals surface area (Å²) in [6.07, 6.45) is 1.56. The van der Waals surface area contributed by atoms with E-state index in [0.29, 0.717) is 40.2 Å². The summed E-state index contributed by atoms with van der Waals surface area (Å²) in [5.41, 5.74) is 5.59. The Morgan fingerprint density at radius 2 is 1.58 bits per heavy atom. The monoisotopic (exact) mass is 684 g/mol. The van der Waals surface area contributed by atoms with Gasteiger partial charge in [0.1, 0.15) is 5.75 Å². The number of nitrogens with one attached hydrogen (secondary N) is 2. The van der Waals surface area contributed by atoms with Crippen molar-refractivity contribution in [3.05, 3.63) is 124 Å². The average molecular weight is 685 g/mol. The van der Waals surface area contributed by atoms with Gasteiger partial charge in [0.2, 0.25) is 5.91 Å². The number of benzene rings is 4. The van der Waals surface area contributed by atoms with Crippen LogP contribution in [0.15, 0.2) is 91.0 Å². The maximum atomic E-state index is 14.3. The van der Waals surface area contributed by atoms with Gasteiger partial charge in [0.25, 0.3) is 5.91 Å². The lowest BCUT2D eigenvalue weighted by Gasteiger charge is -2.31. The fourth-order valence-electron chi connectivity index (χ4n) is 7.23. The fourth-order valence-corrected chi connectivity index (χ4v) is 7.23. The van der Waals surface area contributed by atoms with E-state index >= 15 is 0 Å². The van der Waals surface area contributed by atoms with E-state index in [1.807, 2.05) is 18.2 Å². The van der Waals surface area contributed by atoms with Crippen LogP contribution >= 0.6 is 0 Å². The molecule has 0 bridgehead atoms. The summed E-state index contributed by atoms with van der Waals surface area (Å²) in [5, 5.41) is 14.7. The van der Waals surface area contributed by atoms with Gasteiger partial charge in [-0.3, -0.25) is 14.4 Å². The van der Waals surface area contributed by atoms with Gasteiger partial charge in [0.05, 0.1) is 18.4 Å². The number of aliphatic carboxylic acids is 1. The SMILES string of the molecule is O=C(O)CCNC(=O)c1ccc(CC(C(=O)NC2Cc3cccc(OC(F)(F)F)c3-c3ccccc32)c2ccc(C3CCCCC3)cc2)cc1. The fraction of sp³-hybridized carbons (Fsp3) is 0.325. The molecule has 0 saturated heterocycles. The number of carbonyl (C=O) groups is 3. The van der Waals surface area contributed by atoms with Crippen molar-refractivity contribution in [2.75, 3.05) is 6.54 Å². The van der Waals surface area contributed by atoms with E-state index in [1.54, 1.807) is 48.5 Å². The van der Waals surface area contributed by atoms with Gasteiger partial charge in [-0.1, -0.05) is 92.1 Å². The minimum absolute atomic E-state index is 0.0143. The standard InChI is InChI=1S/C40H39F3N2O5/c41-40(42,43)50-35-12-6-9-30-24-34(31-10-4-5-11-32(31)37(30)35)45-39(49)33(28-19-17-27(18-20-28)26-7-2-1-3-8-26)23-25-13-15-29(16-14-25)38(48)44-22-21-36(46)47/h4-6,9-20,26,33-34H,1-3,7-8,21-24H2,(H,44,48)(H,45,49)(H,46,47). The van der Waals surface area contributed by atoms with Crippen molar-refractivity contribution in [2.24, 2.45) is 0 Å². The highest BCUT2D eigenvalue weighted by atomic mass is 19.4. The second-order valence-electron chi connectivity index (χ2n) is 13.0. The minimum Gasteiger partial charge on any atom is -0.481 e. The zero-order valence-corrected chi connectivity index (χ0v) is 27.5. The van der Waals surface area contributed by atoms with Gasteiger partial charge >= 0.3 is 12.3 Å². The van der Waals surface area contributed by atoms with Crippen LogP contribution in [0.3, 0.4) is 0 Å². The topological polar surface area (TPSA) is 105 Å². The molecular formula is C40H39F3N2O5. The van der Waals surface area contributed by atoms with Crippen molar-refractivity contribution in [2.45, 2.75) is 75.6 Å². The summed E-state index contributed by atoms with van der Waals surface area (Å²) in [7, 11) is 0. The Labute approximate surface area is 288 Å². The van der Waals surface area contributed by atoms with Crippen molar-refractivity contribution in [1.82, 2.24) is 10.6 Å². The van der Waals surface area contributed by atoms with E-state index in [0.717, 1.165) is 24.0 Å². The average Bonchev–Trinajstić information content (AvgIpc) is 3.10. The first-order valence-corrected chi connectivity index (χ1v) is 17.0. The molecule has 3 N–H and O–H groups in total. The maximum Gasteiger partial charge on any atom is 0.573 e. The lowest BCUT2D eigenvalue weighted by Crippen LogP contribution is -2.36. The van der Waals surface area contributed by atoms with Gasteiger partial charge < -0.3 is 20.5 Å². The van der Waals surface area contributed by atoms with Crippen LogP contribution in [0.2, 0.25) is 0 Å². The molecular weight excluding hydrogens is 645 g/mol. The Kier molecular flexibility index (Phi) is 10.6. The smallest absolute Gasteiger partial charge is 0.481 e. The summed E-state index contributed by atoms with van der Waals surface area (Å²) >= 11 is 0. The highest BCUT2D eigenvalue weighted by Crippen LogP contribution is 2.45. The Hall–Kier alpha value is -5.12. The number of carboxylic acids is 1. The summed E-state index contributed by atoms with van der Waals surface area (Å²) in [5.74, 6) is -1.98. The molecule has 0 aliphatic heterocycles. The highest BCUT2D eigenvalue weighted by Gasteiger charge is 2.35. The van der Waals surface area contributed by atoms with Crippen LogP contribution in [0.1, 0.15) is 94.6 Å². The van der Waals surface area contributed by atoms with Crippen molar-refractivity contribution in [3.8, 4) is 16.9 Å². The number of fused-ring (bicyclic) bond motifs is 3.